The number of rotatable bonds is 0. The number of allylic oxidation sites excluding steroid dienone is 2. The molecule has 1 unspecified atom stereocenters. The first-order valence-electron chi connectivity index (χ1n) is 2.45. The fraction of sp³-hybridized carbons (Fsp3) is 0.200. The van der Waals surface area contributed by atoms with Crippen molar-refractivity contribution in [3.05, 3.63) is 21.4 Å². The maximum atomic E-state index is 5.60. The van der Waals surface area contributed by atoms with E-state index in [4.69, 9.17) is 45.3 Å². The highest BCUT2D eigenvalue weighted by Crippen LogP contribution is 2.30. The van der Waals surface area contributed by atoms with Gasteiger partial charge in [-0.25, -0.2) is 0 Å². The Hall–Kier alpha value is 0.110. The van der Waals surface area contributed by atoms with Crippen LogP contribution in [-0.4, -0.2) is 6.23 Å². The van der Waals surface area contributed by atoms with Crippen LogP contribution < -0.4 is 5.73 Å². The number of hydrogen-bond donors (Lipinski definition) is 1. The second kappa shape index (κ2) is 3.01. The molecule has 0 aromatic heterocycles. The minimum Gasteiger partial charge on any atom is -0.476 e. The zero-order valence-electron chi connectivity index (χ0n) is 4.77. The van der Waals surface area contributed by atoms with Gasteiger partial charge in [-0.15, -0.1) is 0 Å². The Morgan fingerprint density at radius 2 is 2.00 bits per heavy atom. The first kappa shape index (κ1) is 8.21. The summed E-state index contributed by atoms with van der Waals surface area (Å²) in [6, 6.07) is 0. The van der Waals surface area contributed by atoms with Crippen LogP contribution in [0.5, 0.6) is 0 Å². The van der Waals surface area contributed by atoms with Crippen LogP contribution in [0.3, 0.4) is 0 Å². The maximum absolute atomic E-state index is 5.60. The quantitative estimate of drug-likeness (QED) is 0.650. The average Bonchev–Trinajstić information content (AvgIpc) is 1.93. The Morgan fingerprint density at radius 3 is 2.50 bits per heavy atom. The van der Waals surface area contributed by atoms with Crippen molar-refractivity contribution in [2.24, 2.45) is 5.73 Å². The Kier molecular flexibility index (Phi) is 2.47. The first-order valence-corrected chi connectivity index (χ1v) is 3.58. The highest BCUT2D eigenvalue weighted by atomic mass is 35.5. The zero-order valence-corrected chi connectivity index (χ0v) is 7.04. The van der Waals surface area contributed by atoms with Gasteiger partial charge in [0.05, 0.1) is 15.1 Å². The monoisotopic (exact) mass is 199 g/mol. The van der Waals surface area contributed by atoms with E-state index in [0.29, 0.717) is 0 Å². The summed E-state index contributed by atoms with van der Waals surface area (Å²) in [6.07, 6.45) is 0.581. The third kappa shape index (κ3) is 1.40. The van der Waals surface area contributed by atoms with Gasteiger partial charge in [0.25, 0.3) is 0 Å². The fourth-order valence-electron chi connectivity index (χ4n) is 0.483. The summed E-state index contributed by atoms with van der Waals surface area (Å²) in [4.78, 5) is 0. The molecule has 0 saturated carbocycles. The van der Waals surface area contributed by atoms with E-state index in [1.165, 1.54) is 6.26 Å². The minimum absolute atomic E-state index is 0.231. The van der Waals surface area contributed by atoms with E-state index >= 15 is 0 Å². The highest BCUT2D eigenvalue weighted by Gasteiger charge is 2.18. The Labute approximate surface area is 73.2 Å². The van der Waals surface area contributed by atoms with Gasteiger partial charge in [0.15, 0.2) is 6.23 Å². The van der Waals surface area contributed by atoms with Crippen LogP contribution in [0, 0.1) is 0 Å². The number of ether oxygens (including phenoxy) is 1. The molecule has 10 heavy (non-hydrogen) atoms. The van der Waals surface area contributed by atoms with Crippen LogP contribution in [0.25, 0.3) is 0 Å². The predicted octanol–water partition coefficient (Wildman–Crippen LogP) is 2.07. The molecule has 1 heterocycles. The molecule has 5 heteroatoms. The average molecular weight is 200 g/mol. The van der Waals surface area contributed by atoms with Crippen LogP contribution in [0.2, 0.25) is 0 Å². The molecule has 2 nitrogen and oxygen atoms in total. The molecule has 2 N–H and O–H groups in total. The first-order chi connectivity index (χ1) is 4.63. The molecule has 0 spiro atoms. The van der Waals surface area contributed by atoms with Crippen LogP contribution in [0.1, 0.15) is 0 Å². The normalized spacial score (nSPS) is 26.0. The summed E-state index contributed by atoms with van der Waals surface area (Å²) in [5.74, 6) is 0. The van der Waals surface area contributed by atoms with E-state index in [1.807, 2.05) is 0 Å². The lowest BCUT2D eigenvalue weighted by atomic mass is 10.4. The topological polar surface area (TPSA) is 35.2 Å². The van der Waals surface area contributed by atoms with Gasteiger partial charge in [-0.2, -0.15) is 0 Å². The van der Waals surface area contributed by atoms with Gasteiger partial charge in [-0.1, -0.05) is 34.8 Å². The lowest BCUT2D eigenvalue weighted by Gasteiger charge is -2.16. The zero-order chi connectivity index (χ0) is 7.72. The summed E-state index contributed by atoms with van der Waals surface area (Å²) in [7, 11) is 0. The molecule has 1 rings (SSSR count). The molecule has 0 amide bonds. The van der Waals surface area contributed by atoms with Gasteiger partial charge in [0.1, 0.15) is 6.26 Å². The smallest absolute Gasteiger partial charge is 0.185 e. The van der Waals surface area contributed by atoms with Gasteiger partial charge >= 0.3 is 0 Å². The number of nitrogens with two attached hydrogens (primary N) is 1. The van der Waals surface area contributed by atoms with Crippen LogP contribution in [0.4, 0.5) is 0 Å². The van der Waals surface area contributed by atoms with Crippen molar-refractivity contribution in [3.8, 4) is 0 Å². The third-order valence-corrected chi connectivity index (χ3v) is 2.27. The predicted molar refractivity (Wildman–Crippen MR) is 41.7 cm³/mol. The highest BCUT2D eigenvalue weighted by molar-refractivity contribution is 6.48. The van der Waals surface area contributed by atoms with Gasteiger partial charge in [-0.05, 0) is 0 Å². The molecule has 0 bridgehead atoms. The van der Waals surface area contributed by atoms with Crippen molar-refractivity contribution in [3.63, 3.8) is 0 Å². The standard InChI is InChI=1S/C5H4Cl3NO/c6-2-1-10-5(9)4(8)3(2)7/h1,5H,9H2. The Balaban J connectivity index is 2.94. The lowest BCUT2D eigenvalue weighted by Crippen LogP contribution is -2.24. The van der Waals surface area contributed by atoms with E-state index < -0.39 is 6.23 Å². The van der Waals surface area contributed by atoms with E-state index in [9.17, 15) is 0 Å². The summed E-state index contributed by atoms with van der Waals surface area (Å²) < 4.78 is 4.78. The third-order valence-electron chi connectivity index (χ3n) is 0.987. The van der Waals surface area contributed by atoms with E-state index in [2.05, 4.69) is 0 Å². The van der Waals surface area contributed by atoms with Crippen molar-refractivity contribution in [1.82, 2.24) is 0 Å². The van der Waals surface area contributed by atoms with E-state index in [0.717, 1.165) is 0 Å². The largest absolute Gasteiger partial charge is 0.476 e. The summed E-state index contributed by atoms with van der Waals surface area (Å²) in [5, 5.41) is 0.754. The minimum atomic E-state index is -0.684. The molecule has 1 aliphatic heterocycles. The van der Waals surface area contributed by atoms with Gasteiger partial charge in [0.2, 0.25) is 0 Å². The van der Waals surface area contributed by atoms with Gasteiger partial charge in [-0.3, -0.25) is 5.73 Å². The maximum Gasteiger partial charge on any atom is 0.185 e. The molecule has 1 aliphatic rings. The molecule has 1 atom stereocenters. The van der Waals surface area contributed by atoms with E-state index in [-0.39, 0.29) is 15.1 Å². The Bertz CT molecular complexity index is 211. The molecule has 56 valence electrons. The van der Waals surface area contributed by atoms with Crippen molar-refractivity contribution in [2.45, 2.75) is 6.23 Å². The van der Waals surface area contributed by atoms with E-state index in [1.54, 1.807) is 0 Å². The molecule has 0 aromatic carbocycles. The van der Waals surface area contributed by atoms with Crippen LogP contribution >= 0.6 is 34.8 Å². The summed E-state index contributed by atoms with van der Waals surface area (Å²) in [5.41, 5.74) is 5.33. The van der Waals surface area contributed by atoms with Gasteiger partial charge < -0.3 is 4.74 Å². The molecule has 0 fully saturated rings. The molecule has 0 aromatic rings. The second-order valence-electron chi connectivity index (χ2n) is 1.68. The second-order valence-corrected chi connectivity index (χ2v) is 2.88. The van der Waals surface area contributed by atoms with Crippen molar-refractivity contribution in [2.75, 3.05) is 0 Å². The fourth-order valence-corrected chi connectivity index (χ4v) is 0.990. The summed E-state index contributed by atoms with van der Waals surface area (Å²) in [6.45, 7) is 0. The molecular weight excluding hydrogens is 196 g/mol. The lowest BCUT2D eigenvalue weighted by molar-refractivity contribution is 0.184. The molecule has 0 saturated heterocycles. The molecular formula is C5H4Cl3NO. The van der Waals surface area contributed by atoms with Crippen molar-refractivity contribution < 1.29 is 4.74 Å². The molecule has 0 radical (unpaired) electrons. The molecule has 0 aliphatic carbocycles. The van der Waals surface area contributed by atoms with Crippen molar-refractivity contribution >= 4 is 34.8 Å². The SMILES string of the molecule is NC1OC=C(Cl)C(Cl)=C1Cl. The van der Waals surface area contributed by atoms with Crippen molar-refractivity contribution in [1.29, 1.82) is 0 Å². The van der Waals surface area contributed by atoms with Crippen LogP contribution in [-0.2, 0) is 4.74 Å². The van der Waals surface area contributed by atoms with Gasteiger partial charge in [0, 0.05) is 0 Å². The number of halogens is 3. The summed E-state index contributed by atoms with van der Waals surface area (Å²) >= 11 is 16.7. The van der Waals surface area contributed by atoms with Crippen LogP contribution in [0.15, 0.2) is 21.4 Å². The number of hydrogen-bond acceptors (Lipinski definition) is 2. The Morgan fingerprint density at radius 1 is 1.40 bits per heavy atom.